The van der Waals surface area contributed by atoms with Crippen LogP contribution in [0.25, 0.3) is 11.0 Å². The van der Waals surface area contributed by atoms with Crippen LogP contribution in [0.4, 0.5) is 0 Å². The topological polar surface area (TPSA) is 68.3 Å². The highest BCUT2D eigenvalue weighted by atomic mass is 16.3. The molecule has 0 spiro atoms. The van der Waals surface area contributed by atoms with Gasteiger partial charge < -0.3 is 15.5 Å². The largest absolute Gasteiger partial charge is 0.451 e. The van der Waals surface area contributed by atoms with E-state index in [0.717, 1.165) is 16.5 Å². The number of nitrogens with two attached hydrogens (primary N) is 1. The summed E-state index contributed by atoms with van der Waals surface area (Å²) in [6, 6.07) is 7.50. The summed E-state index contributed by atoms with van der Waals surface area (Å²) in [6.07, 6.45) is 0. The number of nitrogens with one attached hydrogen (secondary N) is 1. The van der Waals surface area contributed by atoms with Gasteiger partial charge in [-0.25, -0.2) is 0 Å². The Balaban J connectivity index is 2.27. The molecule has 0 aliphatic carbocycles. The number of furan rings is 1. The Morgan fingerprint density at radius 3 is 2.94 bits per heavy atom. The van der Waals surface area contributed by atoms with Crippen molar-refractivity contribution in [2.45, 2.75) is 19.9 Å². The molecular formula is C13H16N2O2. The molecule has 0 bridgehead atoms. The highest BCUT2D eigenvalue weighted by molar-refractivity contribution is 5.96. The van der Waals surface area contributed by atoms with Gasteiger partial charge in [-0.2, -0.15) is 0 Å². The molecule has 0 saturated carbocycles. The minimum absolute atomic E-state index is 0.0579. The zero-order chi connectivity index (χ0) is 12.4. The summed E-state index contributed by atoms with van der Waals surface area (Å²) < 4.78 is 5.48. The van der Waals surface area contributed by atoms with Crippen LogP contribution in [0.2, 0.25) is 0 Å². The van der Waals surface area contributed by atoms with Crippen molar-refractivity contribution in [2.75, 3.05) is 6.54 Å². The third kappa shape index (κ3) is 2.47. The van der Waals surface area contributed by atoms with Crippen LogP contribution in [0.5, 0.6) is 0 Å². The maximum absolute atomic E-state index is 11.8. The molecule has 1 amide bonds. The van der Waals surface area contributed by atoms with E-state index < -0.39 is 0 Å². The minimum atomic E-state index is -0.225. The van der Waals surface area contributed by atoms with E-state index in [-0.39, 0.29) is 11.9 Å². The number of hydrogen-bond acceptors (Lipinski definition) is 3. The molecule has 0 fully saturated rings. The summed E-state index contributed by atoms with van der Waals surface area (Å²) in [7, 11) is 0. The van der Waals surface area contributed by atoms with Crippen LogP contribution in [0, 0.1) is 6.92 Å². The first-order valence-corrected chi connectivity index (χ1v) is 5.61. The zero-order valence-corrected chi connectivity index (χ0v) is 9.99. The number of rotatable bonds is 3. The van der Waals surface area contributed by atoms with Crippen molar-refractivity contribution < 1.29 is 9.21 Å². The van der Waals surface area contributed by atoms with Crippen molar-refractivity contribution in [3.05, 3.63) is 35.6 Å². The number of aryl methyl sites for hydroxylation is 1. The maximum atomic E-state index is 11.8. The number of carbonyl (C=O) groups excluding carboxylic acids is 1. The van der Waals surface area contributed by atoms with Gasteiger partial charge in [0, 0.05) is 18.0 Å². The van der Waals surface area contributed by atoms with Crippen LogP contribution in [-0.2, 0) is 0 Å². The van der Waals surface area contributed by atoms with Gasteiger partial charge in [-0.1, -0.05) is 11.6 Å². The number of fused-ring (bicyclic) bond motifs is 1. The first-order chi connectivity index (χ1) is 8.10. The molecule has 4 nitrogen and oxygen atoms in total. The van der Waals surface area contributed by atoms with Gasteiger partial charge >= 0.3 is 0 Å². The predicted molar refractivity (Wildman–Crippen MR) is 66.9 cm³/mol. The van der Waals surface area contributed by atoms with E-state index >= 15 is 0 Å². The molecule has 90 valence electrons. The average Bonchev–Trinajstić information content (AvgIpc) is 2.71. The number of amides is 1. The number of carbonyl (C=O) groups is 1. The first kappa shape index (κ1) is 11.7. The second-order valence-corrected chi connectivity index (χ2v) is 4.26. The molecule has 4 heteroatoms. The molecule has 17 heavy (non-hydrogen) atoms. The number of hydrogen-bond donors (Lipinski definition) is 2. The summed E-state index contributed by atoms with van der Waals surface area (Å²) in [5, 5.41) is 3.70. The van der Waals surface area contributed by atoms with Crippen molar-refractivity contribution in [2.24, 2.45) is 5.73 Å². The van der Waals surface area contributed by atoms with Crippen LogP contribution in [0.3, 0.4) is 0 Å². The molecule has 1 aromatic heterocycles. The summed E-state index contributed by atoms with van der Waals surface area (Å²) >= 11 is 0. The summed E-state index contributed by atoms with van der Waals surface area (Å²) in [5.41, 5.74) is 7.31. The molecule has 2 rings (SSSR count). The molecule has 3 N–H and O–H groups in total. The molecule has 1 aromatic carbocycles. The van der Waals surface area contributed by atoms with Gasteiger partial charge in [-0.15, -0.1) is 0 Å². The lowest BCUT2D eigenvalue weighted by Gasteiger charge is -2.08. The second-order valence-electron chi connectivity index (χ2n) is 4.26. The van der Waals surface area contributed by atoms with E-state index in [4.69, 9.17) is 10.2 Å². The van der Waals surface area contributed by atoms with Crippen LogP contribution in [-0.4, -0.2) is 18.5 Å². The second kappa shape index (κ2) is 4.59. The molecule has 0 aliphatic heterocycles. The van der Waals surface area contributed by atoms with Gasteiger partial charge in [0.05, 0.1) is 0 Å². The van der Waals surface area contributed by atoms with Crippen molar-refractivity contribution >= 4 is 16.9 Å². The molecule has 1 heterocycles. The fourth-order valence-corrected chi connectivity index (χ4v) is 1.63. The molecule has 0 aliphatic rings. The van der Waals surface area contributed by atoms with E-state index in [0.29, 0.717) is 12.3 Å². The Bertz CT molecular complexity index is 545. The third-order valence-corrected chi connectivity index (χ3v) is 2.63. The highest BCUT2D eigenvalue weighted by Crippen LogP contribution is 2.20. The summed E-state index contributed by atoms with van der Waals surface area (Å²) in [6.45, 7) is 4.26. The van der Waals surface area contributed by atoms with Crippen molar-refractivity contribution in [3.63, 3.8) is 0 Å². The van der Waals surface area contributed by atoms with Gasteiger partial charge in [-0.3, -0.25) is 4.79 Å². The minimum Gasteiger partial charge on any atom is -0.451 e. The van der Waals surface area contributed by atoms with Crippen molar-refractivity contribution in [1.82, 2.24) is 5.32 Å². The van der Waals surface area contributed by atoms with Gasteiger partial charge in [0.15, 0.2) is 5.76 Å². The first-order valence-electron chi connectivity index (χ1n) is 5.61. The van der Waals surface area contributed by atoms with Crippen LogP contribution in [0.15, 0.2) is 28.7 Å². The molecular weight excluding hydrogens is 216 g/mol. The third-order valence-electron chi connectivity index (χ3n) is 2.63. The summed E-state index contributed by atoms with van der Waals surface area (Å²) in [5.74, 6) is 0.0997. The predicted octanol–water partition coefficient (Wildman–Crippen LogP) is 1.82. The zero-order valence-electron chi connectivity index (χ0n) is 9.99. The van der Waals surface area contributed by atoms with Crippen LogP contribution in [0.1, 0.15) is 23.0 Å². The highest BCUT2D eigenvalue weighted by Gasteiger charge is 2.13. The van der Waals surface area contributed by atoms with E-state index in [1.807, 2.05) is 32.0 Å². The van der Waals surface area contributed by atoms with E-state index in [9.17, 15) is 4.79 Å². The molecule has 0 radical (unpaired) electrons. The fourth-order valence-electron chi connectivity index (χ4n) is 1.63. The monoisotopic (exact) mass is 232 g/mol. The van der Waals surface area contributed by atoms with Gasteiger partial charge in [-0.05, 0) is 32.0 Å². The average molecular weight is 232 g/mol. The Morgan fingerprint density at radius 1 is 1.47 bits per heavy atom. The normalized spacial score (nSPS) is 12.6. The smallest absolute Gasteiger partial charge is 0.287 e. The quantitative estimate of drug-likeness (QED) is 0.848. The van der Waals surface area contributed by atoms with Crippen molar-refractivity contribution in [1.29, 1.82) is 0 Å². The Morgan fingerprint density at radius 2 is 2.24 bits per heavy atom. The van der Waals surface area contributed by atoms with Gasteiger partial charge in [0.2, 0.25) is 0 Å². The Kier molecular flexibility index (Phi) is 3.15. The fraction of sp³-hybridized carbons (Fsp3) is 0.308. The van der Waals surface area contributed by atoms with Gasteiger partial charge in [0.25, 0.3) is 5.91 Å². The lowest BCUT2D eigenvalue weighted by molar-refractivity contribution is 0.0915. The molecule has 0 unspecified atom stereocenters. The van der Waals surface area contributed by atoms with E-state index in [1.165, 1.54) is 0 Å². The Labute approximate surface area is 99.8 Å². The standard InChI is InChI=1S/C13H16N2O2/c1-8-3-4-11-10(5-8)6-12(17-11)13(16)15-9(2)7-14/h3-6,9H,7,14H2,1-2H3,(H,15,16)/t9-/m1/s1. The van der Waals surface area contributed by atoms with Crippen molar-refractivity contribution in [3.8, 4) is 0 Å². The molecule has 0 saturated heterocycles. The number of benzene rings is 1. The molecule has 1 atom stereocenters. The summed E-state index contributed by atoms with van der Waals surface area (Å²) in [4.78, 5) is 11.8. The maximum Gasteiger partial charge on any atom is 0.287 e. The lowest BCUT2D eigenvalue weighted by atomic mass is 10.2. The van der Waals surface area contributed by atoms with Crippen LogP contribution >= 0.6 is 0 Å². The van der Waals surface area contributed by atoms with Gasteiger partial charge in [0.1, 0.15) is 5.58 Å². The van der Waals surface area contributed by atoms with E-state index in [1.54, 1.807) is 6.07 Å². The molecule has 2 aromatic rings. The van der Waals surface area contributed by atoms with Crippen LogP contribution < -0.4 is 11.1 Å². The Hall–Kier alpha value is -1.81. The van der Waals surface area contributed by atoms with E-state index in [2.05, 4.69) is 5.32 Å². The lowest BCUT2D eigenvalue weighted by Crippen LogP contribution is -2.37. The SMILES string of the molecule is Cc1ccc2oc(C(=O)N[C@H](C)CN)cc2c1.